The molecule has 2 fully saturated rings. The molecule has 2 aliphatic rings. The van der Waals surface area contributed by atoms with Gasteiger partial charge in [-0.05, 0) is 35.4 Å². The Kier molecular flexibility index (Phi) is 5.33. The lowest BCUT2D eigenvalue weighted by Gasteiger charge is -2.35. The Bertz CT molecular complexity index is 724. The second kappa shape index (κ2) is 8.03. The van der Waals surface area contributed by atoms with Gasteiger partial charge in [-0.3, -0.25) is 4.79 Å². The largest absolute Gasteiger partial charge is 0.353 e. The van der Waals surface area contributed by atoms with E-state index in [0.29, 0.717) is 11.8 Å². The van der Waals surface area contributed by atoms with Crippen molar-refractivity contribution >= 4 is 23.5 Å². The van der Waals surface area contributed by atoms with Crippen LogP contribution in [0.4, 0.5) is 5.82 Å². The summed E-state index contributed by atoms with van der Waals surface area (Å²) in [4.78, 5) is 21.1. The van der Waals surface area contributed by atoms with Crippen molar-refractivity contribution in [1.29, 1.82) is 0 Å². The van der Waals surface area contributed by atoms with Crippen molar-refractivity contribution in [2.24, 2.45) is 0 Å². The molecule has 0 bridgehead atoms. The fraction of sp³-hybridized carbons (Fsp3) is 0.588. The molecule has 0 radical (unpaired) electrons. The zero-order valence-corrected chi connectivity index (χ0v) is 15.5. The molecule has 138 valence electrons. The Morgan fingerprint density at radius 1 is 1.15 bits per heavy atom. The Balaban J connectivity index is 1.28. The molecule has 26 heavy (non-hydrogen) atoms. The van der Waals surface area contributed by atoms with Gasteiger partial charge >= 0.3 is 0 Å². The highest BCUT2D eigenvalue weighted by Crippen LogP contribution is 2.31. The molecule has 2 aromatic rings. The van der Waals surface area contributed by atoms with E-state index >= 15 is 0 Å². The van der Waals surface area contributed by atoms with Gasteiger partial charge in [0.2, 0.25) is 11.1 Å². The molecule has 0 N–H and O–H groups in total. The summed E-state index contributed by atoms with van der Waals surface area (Å²) in [6.45, 7) is 3.08. The second-order valence-electron chi connectivity index (χ2n) is 6.69. The lowest BCUT2D eigenvalue weighted by Crippen LogP contribution is -2.49. The summed E-state index contributed by atoms with van der Waals surface area (Å²) < 4.78 is 1.91. The minimum atomic E-state index is 0.150. The topological polar surface area (TPSA) is 80.0 Å². The molecule has 1 aliphatic carbocycles. The maximum absolute atomic E-state index is 12.6. The van der Waals surface area contributed by atoms with E-state index in [9.17, 15) is 4.79 Å². The van der Waals surface area contributed by atoms with Crippen molar-refractivity contribution in [2.75, 3.05) is 36.8 Å². The number of carbonyl (C=O) groups excluding carboxylic acids is 1. The highest BCUT2D eigenvalue weighted by atomic mass is 32.2. The van der Waals surface area contributed by atoms with Crippen LogP contribution in [0.5, 0.6) is 0 Å². The fourth-order valence-electron chi connectivity index (χ4n) is 3.60. The molecular weight excluding hydrogens is 350 g/mol. The first-order valence-corrected chi connectivity index (χ1v) is 10.1. The molecule has 1 amide bonds. The number of piperazine rings is 1. The molecule has 8 nitrogen and oxygen atoms in total. The minimum Gasteiger partial charge on any atom is -0.353 e. The van der Waals surface area contributed by atoms with Gasteiger partial charge in [-0.25, -0.2) is 9.67 Å². The average molecular weight is 373 g/mol. The van der Waals surface area contributed by atoms with Gasteiger partial charge in [-0.1, -0.05) is 30.7 Å². The van der Waals surface area contributed by atoms with Crippen LogP contribution in [-0.4, -0.2) is 67.9 Å². The van der Waals surface area contributed by atoms with Crippen LogP contribution >= 0.6 is 11.8 Å². The number of nitrogens with zero attached hydrogens (tertiary/aromatic N) is 7. The van der Waals surface area contributed by atoms with E-state index in [0.717, 1.165) is 50.0 Å². The molecule has 4 rings (SSSR count). The van der Waals surface area contributed by atoms with Crippen LogP contribution in [0.15, 0.2) is 29.6 Å². The number of carbonyl (C=O) groups is 1. The second-order valence-corrected chi connectivity index (χ2v) is 7.63. The summed E-state index contributed by atoms with van der Waals surface area (Å²) in [7, 11) is 0. The van der Waals surface area contributed by atoms with E-state index in [1.807, 2.05) is 27.8 Å². The molecule has 0 spiro atoms. The smallest absolute Gasteiger partial charge is 0.233 e. The number of rotatable bonds is 5. The van der Waals surface area contributed by atoms with E-state index in [1.54, 1.807) is 6.20 Å². The van der Waals surface area contributed by atoms with Crippen molar-refractivity contribution in [3.05, 3.63) is 24.4 Å². The van der Waals surface area contributed by atoms with E-state index in [4.69, 9.17) is 0 Å². The summed E-state index contributed by atoms with van der Waals surface area (Å²) in [6.07, 6.45) is 6.52. The van der Waals surface area contributed by atoms with E-state index < -0.39 is 0 Å². The van der Waals surface area contributed by atoms with Crippen LogP contribution < -0.4 is 4.90 Å². The molecule has 3 heterocycles. The van der Waals surface area contributed by atoms with Gasteiger partial charge in [0.1, 0.15) is 5.82 Å². The number of thioether (sulfide) groups is 1. The zero-order valence-electron chi connectivity index (χ0n) is 14.7. The number of tetrazole rings is 1. The van der Waals surface area contributed by atoms with Crippen LogP contribution in [0.25, 0.3) is 0 Å². The van der Waals surface area contributed by atoms with Crippen LogP contribution in [0.3, 0.4) is 0 Å². The Morgan fingerprint density at radius 3 is 2.69 bits per heavy atom. The number of amides is 1. The van der Waals surface area contributed by atoms with E-state index in [1.165, 1.54) is 24.6 Å². The SMILES string of the molecule is O=C(CSc1nnnn1C1CCCC1)N1CCN(c2ccccn2)CC1. The third kappa shape index (κ3) is 3.82. The highest BCUT2D eigenvalue weighted by Gasteiger charge is 2.24. The Morgan fingerprint density at radius 2 is 1.96 bits per heavy atom. The number of hydrogen-bond acceptors (Lipinski definition) is 7. The standard InChI is InChI=1S/C17H23N7OS/c25-16(13-26-17-19-20-21-24(17)14-5-1-2-6-14)23-11-9-22(10-12-23)15-7-3-4-8-18-15/h3-4,7-8,14H,1-2,5-6,9-13H2. The van der Waals surface area contributed by atoms with Gasteiger partial charge in [0.05, 0.1) is 11.8 Å². The molecule has 0 aromatic carbocycles. The first-order valence-electron chi connectivity index (χ1n) is 9.15. The number of aromatic nitrogens is 5. The maximum Gasteiger partial charge on any atom is 0.233 e. The van der Waals surface area contributed by atoms with Gasteiger partial charge in [0.25, 0.3) is 0 Å². The molecule has 9 heteroatoms. The molecule has 2 aromatic heterocycles. The van der Waals surface area contributed by atoms with Gasteiger partial charge in [-0.15, -0.1) is 5.10 Å². The quantitative estimate of drug-likeness (QED) is 0.737. The van der Waals surface area contributed by atoms with Crippen LogP contribution in [-0.2, 0) is 4.79 Å². The van der Waals surface area contributed by atoms with Crippen molar-refractivity contribution in [1.82, 2.24) is 30.1 Å². The van der Waals surface area contributed by atoms with E-state index in [2.05, 4.69) is 25.4 Å². The number of hydrogen-bond donors (Lipinski definition) is 0. The van der Waals surface area contributed by atoms with Crippen LogP contribution in [0, 0.1) is 0 Å². The van der Waals surface area contributed by atoms with Crippen molar-refractivity contribution in [3.8, 4) is 0 Å². The maximum atomic E-state index is 12.6. The summed E-state index contributed by atoms with van der Waals surface area (Å²) >= 11 is 1.45. The van der Waals surface area contributed by atoms with Gasteiger partial charge in [0.15, 0.2) is 0 Å². The Labute approximate surface area is 156 Å². The number of pyridine rings is 1. The average Bonchev–Trinajstić information content (AvgIpc) is 3.38. The first kappa shape index (κ1) is 17.3. The normalized spacial score (nSPS) is 18.5. The highest BCUT2D eigenvalue weighted by molar-refractivity contribution is 7.99. The third-order valence-electron chi connectivity index (χ3n) is 5.06. The number of anilines is 1. The summed E-state index contributed by atoms with van der Waals surface area (Å²) in [5.41, 5.74) is 0. The molecule has 0 unspecified atom stereocenters. The predicted molar refractivity (Wildman–Crippen MR) is 99.1 cm³/mol. The lowest BCUT2D eigenvalue weighted by atomic mass is 10.3. The summed E-state index contributed by atoms with van der Waals surface area (Å²) in [6, 6.07) is 6.31. The van der Waals surface area contributed by atoms with Crippen LogP contribution in [0.1, 0.15) is 31.7 Å². The van der Waals surface area contributed by atoms with Crippen LogP contribution in [0.2, 0.25) is 0 Å². The zero-order chi connectivity index (χ0) is 17.8. The fourth-order valence-corrected chi connectivity index (χ4v) is 4.45. The summed E-state index contributed by atoms with van der Waals surface area (Å²) in [5.74, 6) is 1.51. The third-order valence-corrected chi connectivity index (χ3v) is 5.98. The molecule has 0 atom stereocenters. The monoisotopic (exact) mass is 373 g/mol. The predicted octanol–water partition coefficient (Wildman–Crippen LogP) is 1.62. The van der Waals surface area contributed by atoms with E-state index in [-0.39, 0.29) is 5.91 Å². The van der Waals surface area contributed by atoms with Crippen molar-refractivity contribution in [2.45, 2.75) is 36.9 Å². The molecule has 1 aliphatic heterocycles. The van der Waals surface area contributed by atoms with Crippen molar-refractivity contribution < 1.29 is 4.79 Å². The first-order chi connectivity index (χ1) is 12.8. The molecule has 1 saturated carbocycles. The Hall–Kier alpha value is -2.16. The molecule has 1 saturated heterocycles. The summed E-state index contributed by atoms with van der Waals surface area (Å²) in [5, 5.41) is 12.8. The van der Waals surface area contributed by atoms with Gasteiger partial charge in [-0.2, -0.15) is 0 Å². The van der Waals surface area contributed by atoms with Gasteiger partial charge < -0.3 is 9.80 Å². The molecular formula is C17H23N7OS. The lowest BCUT2D eigenvalue weighted by molar-refractivity contribution is -0.128. The van der Waals surface area contributed by atoms with Gasteiger partial charge in [0, 0.05) is 32.4 Å². The van der Waals surface area contributed by atoms with Crippen molar-refractivity contribution in [3.63, 3.8) is 0 Å². The minimum absolute atomic E-state index is 0.150.